The predicted molar refractivity (Wildman–Crippen MR) is 52.5 cm³/mol. The minimum Gasteiger partial charge on any atom is -0.447 e. The lowest BCUT2D eigenvalue weighted by Gasteiger charge is -2.00. The molecular formula is C8H14N2O3S. The van der Waals surface area contributed by atoms with Crippen LogP contribution in [0, 0.1) is 0 Å². The summed E-state index contributed by atoms with van der Waals surface area (Å²) < 4.78 is 26.5. The monoisotopic (exact) mass is 218 g/mol. The maximum Gasteiger partial charge on any atom is 0.180 e. The third kappa shape index (κ3) is 4.98. The molecule has 6 heteroatoms. The molecular weight excluding hydrogens is 204 g/mol. The Bertz CT molecular complexity index is 345. The van der Waals surface area contributed by atoms with E-state index in [0.29, 0.717) is 19.5 Å². The number of hydrogen-bond donors (Lipinski definition) is 1. The van der Waals surface area contributed by atoms with E-state index in [0.717, 1.165) is 5.76 Å². The molecule has 0 saturated heterocycles. The smallest absolute Gasteiger partial charge is 0.180 e. The molecule has 0 atom stereocenters. The number of nitrogens with one attached hydrogen (secondary N) is 1. The van der Waals surface area contributed by atoms with Crippen LogP contribution >= 0.6 is 0 Å². The molecule has 1 heterocycles. The molecule has 0 fully saturated rings. The van der Waals surface area contributed by atoms with Crippen molar-refractivity contribution in [3.05, 3.63) is 18.4 Å². The number of nitrogens with zero attached hydrogens (tertiary/aromatic N) is 1. The molecule has 0 aliphatic rings. The summed E-state index contributed by atoms with van der Waals surface area (Å²) in [6, 6.07) is 0. The van der Waals surface area contributed by atoms with Crippen LogP contribution < -0.4 is 5.32 Å². The van der Waals surface area contributed by atoms with E-state index in [1.807, 2.05) is 0 Å². The fraction of sp³-hybridized carbons (Fsp3) is 0.625. The largest absolute Gasteiger partial charge is 0.447 e. The van der Waals surface area contributed by atoms with Gasteiger partial charge in [0.25, 0.3) is 0 Å². The average Bonchev–Trinajstić information content (AvgIpc) is 2.54. The Labute approximate surface area is 83.4 Å². The van der Waals surface area contributed by atoms with Crippen molar-refractivity contribution in [2.45, 2.75) is 13.0 Å². The summed E-state index contributed by atoms with van der Waals surface area (Å²) in [5.41, 5.74) is 0. The topological polar surface area (TPSA) is 72.2 Å². The lowest BCUT2D eigenvalue weighted by molar-refractivity contribution is 0.479. The molecule has 1 N–H and O–H groups in total. The number of aromatic nitrogens is 1. The van der Waals surface area contributed by atoms with Gasteiger partial charge in [-0.05, 0) is 13.0 Å². The molecule has 0 amide bonds. The Morgan fingerprint density at radius 1 is 1.57 bits per heavy atom. The van der Waals surface area contributed by atoms with E-state index in [4.69, 9.17) is 4.42 Å². The molecule has 80 valence electrons. The predicted octanol–water partition coefficient (Wildman–Crippen LogP) is 0.199. The molecule has 0 radical (unpaired) electrons. The van der Waals surface area contributed by atoms with Gasteiger partial charge in [0, 0.05) is 6.26 Å². The average molecular weight is 218 g/mol. The summed E-state index contributed by atoms with van der Waals surface area (Å²) in [5.74, 6) is 0.973. The molecule has 14 heavy (non-hydrogen) atoms. The van der Waals surface area contributed by atoms with Crippen LogP contribution in [0.25, 0.3) is 0 Å². The first-order valence-corrected chi connectivity index (χ1v) is 6.40. The first-order chi connectivity index (χ1) is 6.58. The fourth-order valence-electron chi connectivity index (χ4n) is 1.00. The molecule has 1 aromatic rings. The van der Waals surface area contributed by atoms with Gasteiger partial charge in [0.1, 0.15) is 15.6 Å². The molecule has 0 unspecified atom stereocenters. The van der Waals surface area contributed by atoms with Crippen molar-refractivity contribution >= 4 is 9.84 Å². The van der Waals surface area contributed by atoms with Crippen molar-refractivity contribution < 1.29 is 12.8 Å². The summed E-state index contributed by atoms with van der Waals surface area (Å²) >= 11 is 0. The third-order valence-corrected chi connectivity index (χ3v) is 2.68. The highest BCUT2D eigenvalue weighted by Crippen LogP contribution is 1.95. The van der Waals surface area contributed by atoms with Gasteiger partial charge in [0.15, 0.2) is 6.39 Å². The SMILES string of the molecule is CS(=O)(=O)CCCNCc1cnco1. The fourth-order valence-corrected chi connectivity index (χ4v) is 1.67. The lowest BCUT2D eigenvalue weighted by Crippen LogP contribution is -2.17. The van der Waals surface area contributed by atoms with Gasteiger partial charge in [-0.25, -0.2) is 13.4 Å². The van der Waals surface area contributed by atoms with Gasteiger partial charge in [-0.3, -0.25) is 0 Å². The second-order valence-corrected chi connectivity index (χ2v) is 5.39. The molecule has 0 aromatic carbocycles. The van der Waals surface area contributed by atoms with E-state index in [9.17, 15) is 8.42 Å². The van der Waals surface area contributed by atoms with Crippen molar-refractivity contribution in [2.24, 2.45) is 0 Å². The van der Waals surface area contributed by atoms with E-state index in [1.54, 1.807) is 6.20 Å². The number of sulfone groups is 1. The molecule has 0 aliphatic carbocycles. The highest BCUT2D eigenvalue weighted by atomic mass is 32.2. The van der Waals surface area contributed by atoms with Crippen molar-refractivity contribution in [3.63, 3.8) is 0 Å². The highest BCUT2D eigenvalue weighted by molar-refractivity contribution is 7.90. The first-order valence-electron chi connectivity index (χ1n) is 4.34. The zero-order chi connectivity index (χ0) is 10.4. The maximum atomic E-state index is 10.8. The van der Waals surface area contributed by atoms with Crippen LogP contribution in [0.1, 0.15) is 12.2 Å². The Morgan fingerprint density at radius 3 is 2.93 bits per heavy atom. The molecule has 5 nitrogen and oxygen atoms in total. The number of oxazole rings is 1. The van der Waals surface area contributed by atoms with Crippen molar-refractivity contribution in [1.29, 1.82) is 0 Å². The second-order valence-electron chi connectivity index (χ2n) is 3.13. The van der Waals surface area contributed by atoms with E-state index in [1.165, 1.54) is 12.6 Å². The summed E-state index contributed by atoms with van der Waals surface area (Å²) in [7, 11) is -2.83. The molecule has 0 spiro atoms. The van der Waals surface area contributed by atoms with E-state index >= 15 is 0 Å². The molecule has 0 bridgehead atoms. The van der Waals surface area contributed by atoms with Crippen molar-refractivity contribution in [2.75, 3.05) is 18.6 Å². The van der Waals surface area contributed by atoms with Crippen LogP contribution in [0.2, 0.25) is 0 Å². The van der Waals surface area contributed by atoms with Gasteiger partial charge in [-0.1, -0.05) is 0 Å². The number of hydrogen-bond acceptors (Lipinski definition) is 5. The number of rotatable bonds is 6. The third-order valence-electron chi connectivity index (χ3n) is 1.65. The second kappa shape index (κ2) is 5.11. The normalized spacial score (nSPS) is 11.8. The summed E-state index contributed by atoms with van der Waals surface area (Å²) in [6.45, 7) is 1.25. The van der Waals surface area contributed by atoms with Crippen LogP contribution in [-0.4, -0.2) is 32.0 Å². The van der Waals surface area contributed by atoms with Gasteiger partial charge in [-0.2, -0.15) is 0 Å². The lowest BCUT2D eigenvalue weighted by atomic mass is 10.4. The Balaban J connectivity index is 2.06. The Morgan fingerprint density at radius 2 is 2.36 bits per heavy atom. The van der Waals surface area contributed by atoms with Gasteiger partial charge in [0.2, 0.25) is 0 Å². The van der Waals surface area contributed by atoms with Crippen LogP contribution in [0.5, 0.6) is 0 Å². The maximum absolute atomic E-state index is 10.8. The summed E-state index contributed by atoms with van der Waals surface area (Å²) in [4.78, 5) is 3.76. The molecule has 0 aliphatic heterocycles. The molecule has 1 aromatic heterocycles. The summed E-state index contributed by atoms with van der Waals surface area (Å²) in [5, 5.41) is 3.06. The highest BCUT2D eigenvalue weighted by Gasteiger charge is 2.01. The van der Waals surface area contributed by atoms with E-state index in [2.05, 4.69) is 10.3 Å². The van der Waals surface area contributed by atoms with Crippen LogP contribution in [-0.2, 0) is 16.4 Å². The summed E-state index contributed by atoms with van der Waals surface area (Å²) in [6.07, 6.45) is 4.85. The van der Waals surface area contributed by atoms with Crippen LogP contribution in [0.3, 0.4) is 0 Å². The minimum absolute atomic E-state index is 0.219. The van der Waals surface area contributed by atoms with Crippen molar-refractivity contribution in [1.82, 2.24) is 10.3 Å². The van der Waals surface area contributed by atoms with Crippen LogP contribution in [0.15, 0.2) is 17.0 Å². The zero-order valence-corrected chi connectivity index (χ0v) is 8.88. The van der Waals surface area contributed by atoms with Gasteiger partial charge >= 0.3 is 0 Å². The van der Waals surface area contributed by atoms with Gasteiger partial charge < -0.3 is 9.73 Å². The zero-order valence-electron chi connectivity index (χ0n) is 8.06. The van der Waals surface area contributed by atoms with Crippen LogP contribution in [0.4, 0.5) is 0 Å². The minimum atomic E-state index is -2.83. The molecule has 1 rings (SSSR count). The Hall–Kier alpha value is -0.880. The molecule has 0 saturated carbocycles. The van der Waals surface area contributed by atoms with Gasteiger partial charge in [-0.15, -0.1) is 0 Å². The standard InChI is InChI=1S/C8H14N2O3S/c1-14(11,12)4-2-3-9-5-8-6-10-7-13-8/h6-7,9H,2-5H2,1H3. The Kier molecular flexibility index (Phi) is 4.09. The first kappa shape index (κ1) is 11.2. The van der Waals surface area contributed by atoms with Gasteiger partial charge in [0.05, 0.1) is 18.5 Å². The van der Waals surface area contributed by atoms with E-state index < -0.39 is 9.84 Å². The van der Waals surface area contributed by atoms with Crippen molar-refractivity contribution in [3.8, 4) is 0 Å². The quantitative estimate of drug-likeness (QED) is 0.690. The van der Waals surface area contributed by atoms with E-state index in [-0.39, 0.29) is 5.75 Å².